The fourth-order valence-electron chi connectivity index (χ4n) is 1.45. The Hall–Kier alpha value is -0.610. The molecule has 0 spiro atoms. The molecule has 2 atom stereocenters. The number of carbonyl (C=O) groups is 1. The van der Waals surface area contributed by atoms with Crippen LogP contribution in [0.3, 0.4) is 0 Å². The highest BCUT2D eigenvalue weighted by atomic mass is 16.6. The van der Waals surface area contributed by atoms with Gasteiger partial charge in [0.25, 0.3) is 5.97 Å². The van der Waals surface area contributed by atoms with Crippen LogP contribution in [0.5, 0.6) is 0 Å². The number of aliphatic hydroxyl groups excluding tert-OH is 1. The molecule has 1 fully saturated rings. The topological polar surface area (TPSA) is 66.8 Å². The Morgan fingerprint density at radius 3 is 2.29 bits per heavy atom. The summed E-state index contributed by atoms with van der Waals surface area (Å²) >= 11 is 0. The summed E-state index contributed by atoms with van der Waals surface area (Å²) in [6.45, 7) is 6.06. The van der Waals surface area contributed by atoms with Gasteiger partial charge in [0.1, 0.15) is 0 Å². The zero-order valence-corrected chi connectivity index (χ0v) is 9.06. The largest absolute Gasteiger partial charge is 0.481 e. The highest BCUT2D eigenvalue weighted by molar-refractivity contribution is 5.62. The number of carboxylic acids is 1. The van der Waals surface area contributed by atoms with E-state index in [4.69, 9.17) is 14.6 Å². The lowest BCUT2D eigenvalue weighted by Crippen LogP contribution is -2.32. The molecule has 2 unspecified atom stereocenters. The first-order valence-corrected chi connectivity index (χ1v) is 4.94. The van der Waals surface area contributed by atoms with E-state index in [9.17, 15) is 5.11 Å². The number of aliphatic hydroxyl groups is 1. The normalized spacial score (nSPS) is 26.6. The first kappa shape index (κ1) is 13.4. The van der Waals surface area contributed by atoms with Crippen LogP contribution in [0.25, 0.3) is 0 Å². The van der Waals surface area contributed by atoms with E-state index in [1.165, 1.54) is 0 Å². The van der Waals surface area contributed by atoms with Crippen molar-refractivity contribution in [2.24, 2.45) is 11.8 Å². The summed E-state index contributed by atoms with van der Waals surface area (Å²) in [6.07, 6.45) is 1.70. The van der Waals surface area contributed by atoms with Gasteiger partial charge >= 0.3 is 0 Å². The van der Waals surface area contributed by atoms with Gasteiger partial charge in [0, 0.05) is 19.4 Å². The average Bonchev–Trinajstić information content (AvgIpc) is 2.03. The molecule has 0 aromatic rings. The van der Waals surface area contributed by atoms with Crippen molar-refractivity contribution in [1.82, 2.24) is 0 Å². The maximum atomic E-state index is 9.32. The number of ether oxygens (including phenoxy) is 1. The van der Waals surface area contributed by atoms with Gasteiger partial charge in [0.05, 0.1) is 0 Å². The van der Waals surface area contributed by atoms with E-state index >= 15 is 0 Å². The van der Waals surface area contributed by atoms with Crippen LogP contribution >= 0.6 is 0 Å². The molecule has 0 radical (unpaired) electrons. The van der Waals surface area contributed by atoms with E-state index in [1.807, 2.05) is 0 Å². The van der Waals surface area contributed by atoms with E-state index in [2.05, 4.69) is 13.8 Å². The van der Waals surface area contributed by atoms with Crippen molar-refractivity contribution in [2.45, 2.75) is 39.9 Å². The SMILES string of the molecule is CC(=O)O.CC(C)C1CCCOC1O. The number of rotatable bonds is 1. The zero-order chi connectivity index (χ0) is 11.1. The maximum absolute atomic E-state index is 9.32. The number of carboxylic acid groups (broad SMARTS) is 1. The Balaban J connectivity index is 0.000000364. The summed E-state index contributed by atoms with van der Waals surface area (Å²) in [4.78, 5) is 9.00. The molecule has 1 saturated heterocycles. The first-order valence-electron chi connectivity index (χ1n) is 4.94. The molecule has 2 N–H and O–H groups in total. The Bertz CT molecular complexity index is 164. The summed E-state index contributed by atoms with van der Waals surface area (Å²) in [6, 6.07) is 0. The molecule has 1 rings (SSSR count). The third-order valence-corrected chi connectivity index (χ3v) is 2.19. The molecule has 84 valence electrons. The third kappa shape index (κ3) is 5.94. The van der Waals surface area contributed by atoms with Crippen LogP contribution in [-0.2, 0) is 9.53 Å². The van der Waals surface area contributed by atoms with Gasteiger partial charge in [-0.2, -0.15) is 0 Å². The van der Waals surface area contributed by atoms with Crippen LogP contribution in [0.2, 0.25) is 0 Å². The van der Waals surface area contributed by atoms with Crippen LogP contribution < -0.4 is 0 Å². The van der Waals surface area contributed by atoms with Crippen LogP contribution in [0.15, 0.2) is 0 Å². The molecule has 1 aliphatic heterocycles. The number of hydrogen-bond donors (Lipinski definition) is 2. The zero-order valence-electron chi connectivity index (χ0n) is 9.06. The lowest BCUT2D eigenvalue weighted by Gasteiger charge is -2.30. The molecule has 0 amide bonds. The van der Waals surface area contributed by atoms with Gasteiger partial charge in [-0.1, -0.05) is 13.8 Å². The van der Waals surface area contributed by atoms with E-state index in [1.54, 1.807) is 0 Å². The molecule has 1 heterocycles. The molecule has 0 aliphatic carbocycles. The lowest BCUT2D eigenvalue weighted by atomic mass is 9.89. The standard InChI is InChI=1S/C8H16O2.C2H4O2/c1-6(2)7-4-3-5-10-8(7)9;1-2(3)4/h6-9H,3-5H2,1-2H3;1H3,(H,3,4). The quantitative estimate of drug-likeness (QED) is 0.679. The molecular formula is C10H20O4. The average molecular weight is 204 g/mol. The highest BCUT2D eigenvalue weighted by Crippen LogP contribution is 2.25. The highest BCUT2D eigenvalue weighted by Gasteiger charge is 2.25. The van der Waals surface area contributed by atoms with E-state index in [0.717, 1.165) is 26.4 Å². The molecule has 0 aromatic heterocycles. The van der Waals surface area contributed by atoms with Crippen molar-refractivity contribution in [2.75, 3.05) is 6.61 Å². The summed E-state index contributed by atoms with van der Waals surface area (Å²) < 4.78 is 5.11. The number of aliphatic carboxylic acids is 1. The van der Waals surface area contributed by atoms with Crippen molar-refractivity contribution in [3.05, 3.63) is 0 Å². The molecule has 4 nitrogen and oxygen atoms in total. The first-order chi connectivity index (χ1) is 6.45. The monoisotopic (exact) mass is 204 g/mol. The predicted octanol–water partition coefficient (Wildman–Crippen LogP) is 1.48. The second kappa shape index (κ2) is 6.79. The van der Waals surface area contributed by atoms with Gasteiger partial charge in [-0.05, 0) is 18.8 Å². The minimum absolute atomic E-state index is 0.355. The Kier molecular flexibility index (Phi) is 6.49. The Morgan fingerprint density at radius 2 is 2.00 bits per heavy atom. The third-order valence-electron chi connectivity index (χ3n) is 2.19. The van der Waals surface area contributed by atoms with Crippen molar-refractivity contribution in [3.63, 3.8) is 0 Å². The molecule has 0 aromatic carbocycles. The Morgan fingerprint density at radius 1 is 1.50 bits per heavy atom. The van der Waals surface area contributed by atoms with Gasteiger partial charge in [-0.15, -0.1) is 0 Å². The van der Waals surface area contributed by atoms with Crippen LogP contribution in [0, 0.1) is 11.8 Å². The number of hydrogen-bond acceptors (Lipinski definition) is 3. The van der Waals surface area contributed by atoms with E-state index < -0.39 is 12.3 Å². The minimum Gasteiger partial charge on any atom is -0.481 e. The van der Waals surface area contributed by atoms with Crippen molar-refractivity contribution < 1.29 is 19.7 Å². The van der Waals surface area contributed by atoms with Crippen LogP contribution in [-0.4, -0.2) is 29.1 Å². The maximum Gasteiger partial charge on any atom is 0.300 e. The predicted molar refractivity (Wildman–Crippen MR) is 52.8 cm³/mol. The fourth-order valence-corrected chi connectivity index (χ4v) is 1.45. The van der Waals surface area contributed by atoms with E-state index in [0.29, 0.717) is 11.8 Å². The second-order valence-corrected chi connectivity index (χ2v) is 3.83. The van der Waals surface area contributed by atoms with Gasteiger partial charge in [-0.3, -0.25) is 4.79 Å². The summed E-state index contributed by atoms with van der Waals surface area (Å²) in [7, 11) is 0. The van der Waals surface area contributed by atoms with Gasteiger partial charge < -0.3 is 14.9 Å². The molecular weight excluding hydrogens is 184 g/mol. The van der Waals surface area contributed by atoms with Crippen LogP contribution in [0.4, 0.5) is 0 Å². The minimum atomic E-state index is -0.833. The van der Waals surface area contributed by atoms with Crippen molar-refractivity contribution in [3.8, 4) is 0 Å². The van der Waals surface area contributed by atoms with Gasteiger partial charge in [-0.25, -0.2) is 0 Å². The van der Waals surface area contributed by atoms with Crippen molar-refractivity contribution in [1.29, 1.82) is 0 Å². The smallest absolute Gasteiger partial charge is 0.300 e. The summed E-state index contributed by atoms with van der Waals surface area (Å²) in [5.41, 5.74) is 0. The molecule has 1 aliphatic rings. The van der Waals surface area contributed by atoms with Crippen LogP contribution in [0.1, 0.15) is 33.6 Å². The molecule has 4 heteroatoms. The van der Waals surface area contributed by atoms with Crippen molar-refractivity contribution >= 4 is 5.97 Å². The summed E-state index contributed by atoms with van der Waals surface area (Å²) in [5, 5.41) is 16.7. The van der Waals surface area contributed by atoms with E-state index in [-0.39, 0.29) is 0 Å². The van der Waals surface area contributed by atoms with Gasteiger partial charge in [0.15, 0.2) is 6.29 Å². The molecule has 14 heavy (non-hydrogen) atoms. The molecule has 0 saturated carbocycles. The fraction of sp³-hybridized carbons (Fsp3) is 0.900. The van der Waals surface area contributed by atoms with Gasteiger partial charge in [0.2, 0.25) is 0 Å². The Labute approximate surface area is 84.9 Å². The second-order valence-electron chi connectivity index (χ2n) is 3.83. The molecule has 0 bridgehead atoms. The summed E-state index contributed by atoms with van der Waals surface area (Å²) in [5.74, 6) is 0.0593. The lowest BCUT2D eigenvalue weighted by molar-refractivity contribution is -0.168.